The number of phenols is 1. The van der Waals surface area contributed by atoms with Crippen molar-refractivity contribution in [1.29, 1.82) is 0 Å². The molecule has 0 amide bonds. The molecule has 0 saturated carbocycles. The number of aromatic hydroxyl groups is 1. The summed E-state index contributed by atoms with van der Waals surface area (Å²) in [4.78, 5) is 11.1. The fourth-order valence-corrected chi connectivity index (χ4v) is 4.24. The van der Waals surface area contributed by atoms with E-state index in [2.05, 4.69) is 6.92 Å². The number of aryl methyl sites for hydroxylation is 2. The number of carboxylic acid groups (broad SMARTS) is 1. The number of benzene rings is 4. The molecule has 0 saturated heterocycles. The van der Waals surface area contributed by atoms with Crippen molar-refractivity contribution in [3.8, 4) is 39.5 Å². The van der Waals surface area contributed by atoms with Crippen LogP contribution < -0.4 is 68.6 Å². The molecule has 0 atom stereocenters. The van der Waals surface area contributed by atoms with Gasteiger partial charge in [0.15, 0.2) is 0 Å². The van der Waals surface area contributed by atoms with Crippen LogP contribution in [0.3, 0.4) is 0 Å². The van der Waals surface area contributed by atoms with Crippen molar-refractivity contribution in [2.75, 3.05) is 13.2 Å². The Morgan fingerprint density at radius 1 is 0.744 bits per heavy atom. The van der Waals surface area contributed by atoms with Gasteiger partial charge in [0.05, 0.1) is 13.2 Å². The third kappa shape index (κ3) is 9.42. The fraction of sp³-hybridized carbons (Fsp3) is 0.219. The number of hydrogen-bond donors (Lipinski definition) is 2. The molecule has 0 aliphatic rings. The van der Waals surface area contributed by atoms with Gasteiger partial charge in [-0.15, -0.1) is 0 Å². The van der Waals surface area contributed by atoms with Gasteiger partial charge in [0, 0.05) is 24.5 Å². The van der Waals surface area contributed by atoms with E-state index >= 15 is 0 Å². The molecule has 7 heteroatoms. The maximum Gasteiger partial charge on any atom is 1.00 e. The molecule has 4 rings (SSSR count). The molecule has 2 N–H and O–H groups in total. The molecule has 0 radical (unpaired) electrons. The summed E-state index contributed by atoms with van der Waals surface area (Å²) in [6, 6.07) is 29.4. The summed E-state index contributed by atoms with van der Waals surface area (Å²) >= 11 is 0. The van der Waals surface area contributed by atoms with E-state index in [1.165, 1.54) is 0 Å². The zero-order chi connectivity index (χ0) is 26.0. The van der Waals surface area contributed by atoms with E-state index in [1.54, 1.807) is 6.07 Å². The van der Waals surface area contributed by atoms with Gasteiger partial charge in [-0.3, -0.25) is 4.79 Å². The largest absolute Gasteiger partial charge is 1.00 e. The van der Waals surface area contributed by atoms with E-state index in [1.807, 2.05) is 84.9 Å². The summed E-state index contributed by atoms with van der Waals surface area (Å²) in [7, 11) is 0. The summed E-state index contributed by atoms with van der Waals surface area (Å²) in [5.74, 6) is 0.727. The Morgan fingerprint density at radius 2 is 1.33 bits per heavy atom. The molecule has 0 spiro atoms. The number of hydrogen-bond acceptors (Lipinski definition) is 4. The molecule has 0 aliphatic heterocycles. The van der Waals surface area contributed by atoms with Crippen LogP contribution in [-0.2, 0) is 17.6 Å². The first-order chi connectivity index (χ1) is 18.0. The minimum atomic E-state index is -0.834. The number of ether oxygens (including phenoxy) is 2. The van der Waals surface area contributed by atoms with Crippen LogP contribution in [0.1, 0.15) is 33.7 Å². The van der Waals surface area contributed by atoms with E-state index in [4.69, 9.17) is 14.6 Å². The van der Waals surface area contributed by atoms with Crippen LogP contribution in [0.4, 0.5) is 0 Å². The van der Waals surface area contributed by atoms with Gasteiger partial charge >= 0.3 is 65.1 Å². The van der Waals surface area contributed by atoms with Gasteiger partial charge in [-0.2, -0.15) is 0 Å². The van der Waals surface area contributed by atoms with Crippen molar-refractivity contribution in [1.82, 2.24) is 0 Å². The third-order valence-electron chi connectivity index (χ3n) is 6.23. The molecular weight excluding hydrogens is 510 g/mol. The van der Waals surface area contributed by atoms with Crippen LogP contribution in [0.25, 0.3) is 22.3 Å². The smallest absolute Gasteiger partial charge is 1.00 e. The zero-order valence-corrected chi connectivity index (χ0v) is 27.0. The van der Waals surface area contributed by atoms with Crippen LogP contribution in [0.2, 0.25) is 0 Å². The van der Waals surface area contributed by atoms with E-state index < -0.39 is 5.97 Å². The second kappa shape index (κ2) is 16.8. The molecule has 194 valence electrons. The summed E-state index contributed by atoms with van der Waals surface area (Å²) in [5.41, 5.74) is 5.76. The first-order valence-corrected chi connectivity index (χ1v) is 12.6. The predicted molar refractivity (Wildman–Crippen MR) is 149 cm³/mol. The number of carboxylic acids is 1. The molecule has 0 heterocycles. The van der Waals surface area contributed by atoms with Gasteiger partial charge in [-0.25, -0.2) is 0 Å². The van der Waals surface area contributed by atoms with Crippen molar-refractivity contribution in [2.24, 2.45) is 0 Å². The van der Waals surface area contributed by atoms with E-state index in [-0.39, 0.29) is 74.1 Å². The van der Waals surface area contributed by atoms with Crippen molar-refractivity contribution >= 4 is 5.97 Å². The van der Waals surface area contributed by atoms with Gasteiger partial charge in [-0.05, 0) is 52.8 Å². The maximum absolute atomic E-state index is 11.1. The Hall–Kier alpha value is -2.25. The number of rotatable bonds is 12. The first kappa shape index (κ1) is 33.0. The Morgan fingerprint density at radius 3 is 1.92 bits per heavy atom. The average molecular weight is 545 g/mol. The molecule has 4 aromatic rings. The molecule has 0 unspecified atom stereocenters. The molecule has 4 aromatic carbocycles. The Bertz CT molecular complexity index is 1340. The molecule has 5 nitrogen and oxygen atoms in total. The third-order valence-corrected chi connectivity index (χ3v) is 6.23. The molecule has 0 fully saturated rings. The second-order valence-electron chi connectivity index (χ2n) is 8.83. The Balaban J connectivity index is 0.00000400. The van der Waals surface area contributed by atoms with E-state index in [0.717, 1.165) is 39.8 Å². The van der Waals surface area contributed by atoms with Crippen LogP contribution in [0, 0.1) is 0 Å². The quantitative estimate of drug-likeness (QED) is 0.208. The topological polar surface area (TPSA) is 76.0 Å². The van der Waals surface area contributed by atoms with Gasteiger partial charge < -0.3 is 22.5 Å². The van der Waals surface area contributed by atoms with Crippen molar-refractivity contribution in [3.05, 3.63) is 102 Å². The van der Waals surface area contributed by atoms with E-state index in [0.29, 0.717) is 37.6 Å². The standard InChI is InChI=1S/C32H32O5.2Na.2H/c1-2-23-20-28(25-12-7-4-8-13-25)29(33)22-31(23)37-19-9-18-36-30-21-27(24-10-5-3-6-11-24)15-14-26(30)16-17-32(34)35;;;;/h3-8,10-15,20-22,33H,2,9,16-19H2,1H3,(H,34,35);;;;/q;2*+1;2*-1. The summed E-state index contributed by atoms with van der Waals surface area (Å²) < 4.78 is 12.1. The summed E-state index contributed by atoms with van der Waals surface area (Å²) in [6.07, 6.45) is 1.87. The van der Waals surface area contributed by atoms with Crippen LogP contribution in [0.5, 0.6) is 17.2 Å². The minimum Gasteiger partial charge on any atom is -1.00 e. The number of phenolic OH excluding ortho intramolecular Hbond substituents is 1. The molecule has 0 bridgehead atoms. The van der Waals surface area contributed by atoms with Crippen molar-refractivity contribution < 1.29 is 86.4 Å². The van der Waals surface area contributed by atoms with Crippen LogP contribution in [0.15, 0.2) is 91.0 Å². The SMILES string of the molecule is CCc1cc(-c2ccccc2)c(O)cc1OCCCOc1cc(-c2ccccc2)ccc1CCC(=O)O.[H-].[H-].[Na+].[Na+]. The average Bonchev–Trinajstić information content (AvgIpc) is 2.93. The summed E-state index contributed by atoms with van der Waals surface area (Å²) in [6.45, 7) is 2.92. The maximum atomic E-state index is 11.1. The summed E-state index contributed by atoms with van der Waals surface area (Å²) in [5, 5.41) is 19.7. The second-order valence-corrected chi connectivity index (χ2v) is 8.83. The molecular formula is C32H34Na2O5. The molecule has 0 aliphatic carbocycles. The van der Waals surface area contributed by atoms with Crippen LogP contribution in [-0.4, -0.2) is 29.4 Å². The molecule has 0 aromatic heterocycles. The van der Waals surface area contributed by atoms with Gasteiger partial charge in [-0.1, -0.05) is 79.7 Å². The van der Waals surface area contributed by atoms with E-state index in [9.17, 15) is 9.90 Å². The van der Waals surface area contributed by atoms with Gasteiger partial charge in [0.25, 0.3) is 0 Å². The zero-order valence-electron chi connectivity index (χ0n) is 25.0. The van der Waals surface area contributed by atoms with Crippen molar-refractivity contribution in [2.45, 2.75) is 32.6 Å². The Labute approximate surface area is 277 Å². The minimum absolute atomic E-state index is 0. The van der Waals surface area contributed by atoms with Crippen molar-refractivity contribution in [3.63, 3.8) is 0 Å². The van der Waals surface area contributed by atoms with Gasteiger partial charge in [0.1, 0.15) is 17.2 Å². The molecule has 39 heavy (non-hydrogen) atoms. The number of aliphatic carboxylic acids is 1. The predicted octanol–water partition coefficient (Wildman–Crippen LogP) is 1.39. The van der Waals surface area contributed by atoms with Crippen LogP contribution >= 0.6 is 0 Å². The Kier molecular flexibility index (Phi) is 14.2. The monoisotopic (exact) mass is 544 g/mol. The number of carbonyl (C=O) groups is 1. The normalized spacial score (nSPS) is 10.2. The first-order valence-electron chi connectivity index (χ1n) is 12.6. The fourth-order valence-electron chi connectivity index (χ4n) is 4.24. The van der Waals surface area contributed by atoms with Gasteiger partial charge in [0.2, 0.25) is 0 Å².